The average molecular weight is 261 g/mol. The van der Waals surface area contributed by atoms with Gasteiger partial charge in [-0.3, -0.25) is 0 Å². The molecule has 1 aliphatic carbocycles. The van der Waals surface area contributed by atoms with E-state index in [1.54, 1.807) is 0 Å². The van der Waals surface area contributed by atoms with Crippen LogP contribution in [0.15, 0.2) is 18.5 Å². The van der Waals surface area contributed by atoms with Gasteiger partial charge in [0.05, 0.1) is 0 Å². The highest BCUT2D eigenvalue weighted by Gasteiger charge is 2.31. The lowest BCUT2D eigenvalue weighted by atomic mass is 10.1. The van der Waals surface area contributed by atoms with E-state index in [0.717, 1.165) is 19.0 Å². The van der Waals surface area contributed by atoms with Crippen LogP contribution in [-0.2, 0) is 6.54 Å². The first-order valence-corrected chi connectivity index (χ1v) is 7.98. The Labute approximate surface area is 117 Å². The molecule has 1 aromatic heterocycles. The molecule has 2 heterocycles. The third-order valence-electron chi connectivity index (χ3n) is 4.52. The van der Waals surface area contributed by atoms with Gasteiger partial charge >= 0.3 is 0 Å². The zero-order valence-corrected chi connectivity index (χ0v) is 12.1. The molecule has 0 amide bonds. The van der Waals surface area contributed by atoms with Gasteiger partial charge in [-0.25, -0.2) is 0 Å². The van der Waals surface area contributed by atoms with Crippen LogP contribution in [0.2, 0.25) is 0 Å². The van der Waals surface area contributed by atoms with Crippen LogP contribution in [0.25, 0.3) is 0 Å². The Morgan fingerprint density at radius 2 is 2.05 bits per heavy atom. The lowest BCUT2D eigenvalue weighted by molar-refractivity contribution is 0.322. The molecule has 1 unspecified atom stereocenters. The van der Waals surface area contributed by atoms with Crippen molar-refractivity contribution in [2.45, 2.75) is 45.2 Å². The molecule has 106 valence electrons. The van der Waals surface area contributed by atoms with Crippen LogP contribution >= 0.6 is 0 Å². The Morgan fingerprint density at radius 1 is 1.26 bits per heavy atom. The van der Waals surface area contributed by atoms with E-state index in [1.165, 1.54) is 50.9 Å². The Balaban J connectivity index is 1.55. The predicted octanol–water partition coefficient (Wildman–Crippen LogP) is 2.64. The van der Waals surface area contributed by atoms with Crippen molar-refractivity contribution in [3.8, 4) is 0 Å². The first-order chi connectivity index (χ1) is 9.36. The summed E-state index contributed by atoms with van der Waals surface area (Å²) in [5, 5.41) is 3.65. The van der Waals surface area contributed by atoms with Crippen LogP contribution in [0.5, 0.6) is 0 Å². The molecule has 0 bridgehead atoms. The maximum atomic E-state index is 3.65. The summed E-state index contributed by atoms with van der Waals surface area (Å²) in [6.07, 6.45) is 10.2. The molecule has 19 heavy (non-hydrogen) atoms. The van der Waals surface area contributed by atoms with Crippen molar-refractivity contribution in [1.29, 1.82) is 0 Å². The highest BCUT2D eigenvalue weighted by Crippen LogP contribution is 2.40. The quantitative estimate of drug-likeness (QED) is 0.814. The summed E-state index contributed by atoms with van der Waals surface area (Å²) >= 11 is 0. The molecule has 2 aliphatic rings. The fourth-order valence-corrected chi connectivity index (χ4v) is 3.25. The number of hydrogen-bond acceptors (Lipinski definition) is 2. The Bertz CT molecular complexity index is 388. The molecule has 3 heteroatoms. The van der Waals surface area contributed by atoms with Crippen LogP contribution in [-0.4, -0.2) is 35.6 Å². The fourth-order valence-electron chi connectivity index (χ4n) is 3.25. The first-order valence-electron chi connectivity index (χ1n) is 7.98. The second-order valence-corrected chi connectivity index (χ2v) is 6.10. The standard InChI is InChI=1S/C16H27N3/c1-2-17-16(14-5-6-14)15-7-10-19(13-15)12-11-18-8-3-4-9-18/h7,10,13-14,16-17H,2-6,8-9,11-12H2,1H3. The number of rotatable bonds is 7. The van der Waals surface area contributed by atoms with Gasteiger partial charge in [-0.2, -0.15) is 0 Å². The number of hydrogen-bond donors (Lipinski definition) is 1. The Morgan fingerprint density at radius 3 is 2.74 bits per heavy atom. The van der Waals surface area contributed by atoms with E-state index in [2.05, 4.69) is 40.2 Å². The number of nitrogens with zero attached hydrogens (tertiary/aromatic N) is 2. The molecule has 1 saturated heterocycles. The maximum Gasteiger partial charge on any atom is 0.0363 e. The minimum atomic E-state index is 0.595. The predicted molar refractivity (Wildman–Crippen MR) is 79.2 cm³/mol. The van der Waals surface area contributed by atoms with Crippen molar-refractivity contribution < 1.29 is 0 Å². The van der Waals surface area contributed by atoms with Crippen LogP contribution in [0.4, 0.5) is 0 Å². The molecule has 2 fully saturated rings. The summed E-state index contributed by atoms with van der Waals surface area (Å²) in [5.74, 6) is 0.884. The van der Waals surface area contributed by atoms with Gasteiger partial charge in [0.25, 0.3) is 0 Å². The van der Waals surface area contributed by atoms with Gasteiger partial charge in [-0.05, 0) is 62.9 Å². The molecule has 0 spiro atoms. The van der Waals surface area contributed by atoms with Gasteiger partial charge in [0.2, 0.25) is 0 Å². The van der Waals surface area contributed by atoms with Crippen molar-refractivity contribution in [2.75, 3.05) is 26.2 Å². The third kappa shape index (κ3) is 3.40. The van der Waals surface area contributed by atoms with Crippen LogP contribution < -0.4 is 5.32 Å². The molecule has 0 aromatic carbocycles. The Kier molecular flexibility index (Phi) is 4.24. The summed E-state index contributed by atoms with van der Waals surface area (Å²) < 4.78 is 2.38. The minimum absolute atomic E-state index is 0.595. The smallest absolute Gasteiger partial charge is 0.0363 e. The normalized spacial score (nSPS) is 21.9. The molecular weight excluding hydrogens is 234 g/mol. The van der Waals surface area contributed by atoms with Crippen molar-refractivity contribution in [3.63, 3.8) is 0 Å². The molecule has 0 radical (unpaired) electrons. The first kappa shape index (κ1) is 13.2. The molecule has 3 nitrogen and oxygen atoms in total. The van der Waals surface area contributed by atoms with E-state index >= 15 is 0 Å². The largest absolute Gasteiger partial charge is 0.353 e. The molecule has 1 atom stereocenters. The fraction of sp³-hybridized carbons (Fsp3) is 0.750. The van der Waals surface area contributed by atoms with Crippen LogP contribution in [0.1, 0.15) is 44.2 Å². The summed E-state index contributed by atoms with van der Waals surface area (Å²) in [6, 6.07) is 2.91. The SMILES string of the molecule is CCNC(c1ccn(CCN2CCCC2)c1)C1CC1. The van der Waals surface area contributed by atoms with E-state index in [4.69, 9.17) is 0 Å². The van der Waals surface area contributed by atoms with Gasteiger partial charge < -0.3 is 14.8 Å². The summed E-state index contributed by atoms with van der Waals surface area (Å²) in [6.45, 7) is 8.24. The van der Waals surface area contributed by atoms with Crippen molar-refractivity contribution in [1.82, 2.24) is 14.8 Å². The summed E-state index contributed by atoms with van der Waals surface area (Å²) in [7, 11) is 0. The van der Waals surface area contributed by atoms with E-state index in [-0.39, 0.29) is 0 Å². The van der Waals surface area contributed by atoms with Crippen LogP contribution in [0.3, 0.4) is 0 Å². The molecule has 1 aliphatic heterocycles. The highest BCUT2D eigenvalue weighted by molar-refractivity contribution is 5.18. The topological polar surface area (TPSA) is 20.2 Å². The van der Waals surface area contributed by atoms with E-state index in [9.17, 15) is 0 Å². The maximum absolute atomic E-state index is 3.65. The molecular formula is C16H27N3. The summed E-state index contributed by atoms with van der Waals surface area (Å²) in [5.41, 5.74) is 1.49. The molecule has 3 rings (SSSR count). The second kappa shape index (κ2) is 6.10. The average Bonchev–Trinajstić information content (AvgIpc) is 2.92. The Hall–Kier alpha value is -0.800. The molecule has 1 N–H and O–H groups in total. The van der Waals surface area contributed by atoms with Crippen molar-refractivity contribution in [2.24, 2.45) is 5.92 Å². The zero-order chi connectivity index (χ0) is 13.1. The van der Waals surface area contributed by atoms with Crippen molar-refractivity contribution >= 4 is 0 Å². The van der Waals surface area contributed by atoms with Gasteiger partial charge in [0.15, 0.2) is 0 Å². The minimum Gasteiger partial charge on any atom is -0.353 e. The van der Waals surface area contributed by atoms with E-state index < -0.39 is 0 Å². The second-order valence-electron chi connectivity index (χ2n) is 6.10. The van der Waals surface area contributed by atoms with Crippen molar-refractivity contribution in [3.05, 3.63) is 24.0 Å². The van der Waals surface area contributed by atoms with Gasteiger partial charge in [-0.15, -0.1) is 0 Å². The zero-order valence-electron chi connectivity index (χ0n) is 12.1. The molecule has 1 saturated carbocycles. The number of aromatic nitrogens is 1. The van der Waals surface area contributed by atoms with Gasteiger partial charge in [0, 0.05) is 31.5 Å². The van der Waals surface area contributed by atoms with Gasteiger partial charge in [0.1, 0.15) is 0 Å². The lowest BCUT2D eigenvalue weighted by Gasteiger charge is -2.16. The molecule has 1 aromatic rings. The number of nitrogens with one attached hydrogen (secondary N) is 1. The number of likely N-dealkylation sites (tertiary alicyclic amines) is 1. The monoisotopic (exact) mass is 261 g/mol. The summed E-state index contributed by atoms with van der Waals surface area (Å²) in [4.78, 5) is 2.59. The van der Waals surface area contributed by atoms with Gasteiger partial charge in [-0.1, -0.05) is 6.92 Å². The highest BCUT2D eigenvalue weighted by atomic mass is 15.2. The van der Waals surface area contributed by atoms with Crippen LogP contribution in [0, 0.1) is 5.92 Å². The van der Waals surface area contributed by atoms with E-state index in [0.29, 0.717) is 6.04 Å². The lowest BCUT2D eigenvalue weighted by Crippen LogP contribution is -2.24. The van der Waals surface area contributed by atoms with E-state index in [1.807, 2.05) is 0 Å². The third-order valence-corrected chi connectivity index (χ3v) is 4.52.